The highest BCUT2D eigenvalue weighted by molar-refractivity contribution is 6.90. The summed E-state index contributed by atoms with van der Waals surface area (Å²) in [5.41, 5.74) is 20.3. The van der Waals surface area contributed by atoms with Crippen molar-refractivity contribution in [3.63, 3.8) is 0 Å². The smallest absolute Gasteiger partial charge is 0.159 e. The van der Waals surface area contributed by atoms with Crippen LogP contribution in [0.25, 0.3) is 121 Å². The number of benzene rings is 14. The zero-order valence-electron chi connectivity index (χ0n) is 50.1. The van der Waals surface area contributed by atoms with E-state index >= 15 is 0 Å². The monoisotopic (exact) mass is 1160 g/mol. The van der Waals surface area contributed by atoms with Gasteiger partial charge in [-0.25, -0.2) is 0 Å². The minimum atomic E-state index is -1.84. The van der Waals surface area contributed by atoms with Gasteiger partial charge < -0.3 is 18.6 Å². The van der Waals surface area contributed by atoms with Gasteiger partial charge in [-0.1, -0.05) is 251 Å². The number of rotatable bonds is 13. The third-order valence-corrected chi connectivity index (χ3v) is 21.2. The van der Waals surface area contributed by atoms with Crippen molar-refractivity contribution in [2.24, 2.45) is 0 Å². The quantitative estimate of drug-likeness (QED) is 0.0851. The molecule has 0 aliphatic heterocycles. The summed E-state index contributed by atoms with van der Waals surface area (Å²) in [6.07, 6.45) is 0. The first kappa shape index (κ1) is 53.2. The molecule has 0 bridgehead atoms. The van der Waals surface area contributed by atoms with Crippen LogP contribution in [0.5, 0.6) is 0 Å². The lowest BCUT2D eigenvalue weighted by Crippen LogP contribution is -2.37. The molecule has 0 spiro atoms. The molecule has 422 valence electrons. The summed E-state index contributed by atoms with van der Waals surface area (Å²) in [4.78, 5) is 4.96. The highest BCUT2D eigenvalue weighted by atomic mass is 28.3. The van der Waals surface area contributed by atoms with E-state index in [1.165, 1.54) is 32.3 Å². The summed E-state index contributed by atoms with van der Waals surface area (Å²) in [5.74, 6) is 0. The van der Waals surface area contributed by atoms with Gasteiger partial charge in [0.05, 0.1) is 30.8 Å². The van der Waals surface area contributed by atoms with Gasteiger partial charge in [-0.3, -0.25) is 0 Å². The molecule has 0 N–H and O–H groups in total. The second kappa shape index (κ2) is 21.3. The molecule has 0 saturated heterocycles. The van der Waals surface area contributed by atoms with Crippen LogP contribution < -0.4 is 15.0 Å². The molecule has 88 heavy (non-hydrogen) atoms. The first-order valence-corrected chi connectivity index (χ1v) is 37.4. The highest BCUT2D eigenvalue weighted by Crippen LogP contribution is 2.52. The van der Waals surface area contributed by atoms with Gasteiger partial charge in [0, 0.05) is 52.5 Å². The van der Waals surface area contributed by atoms with Gasteiger partial charge >= 0.3 is 0 Å². The largest absolute Gasteiger partial charge is 0.454 e. The van der Waals surface area contributed by atoms with Gasteiger partial charge in [0.25, 0.3) is 0 Å². The molecule has 0 atom stereocenters. The lowest BCUT2D eigenvalue weighted by Gasteiger charge is -2.30. The predicted octanol–water partition coefficient (Wildman–Crippen LogP) is 23.1. The molecule has 0 fully saturated rings. The van der Waals surface area contributed by atoms with Crippen LogP contribution in [0, 0.1) is 0 Å². The third kappa shape index (κ3) is 9.09. The minimum Gasteiger partial charge on any atom is -0.454 e. The minimum absolute atomic E-state index is 0.865. The van der Waals surface area contributed by atoms with Crippen molar-refractivity contribution in [2.75, 3.05) is 9.80 Å². The molecule has 2 heterocycles. The van der Waals surface area contributed by atoms with Gasteiger partial charge in [-0.15, -0.1) is 0 Å². The molecular weight excluding hydrogens is 1100 g/mol. The molecule has 0 aliphatic rings. The Labute approximate surface area is 515 Å². The van der Waals surface area contributed by atoms with Crippen molar-refractivity contribution in [1.82, 2.24) is 0 Å². The van der Waals surface area contributed by atoms with Gasteiger partial charge in [-0.05, 0) is 144 Å². The maximum Gasteiger partial charge on any atom is 0.159 e. The Bertz CT molecular complexity index is 5200. The molecule has 0 amide bonds. The Hall–Kier alpha value is -10.2. The first-order chi connectivity index (χ1) is 43.1. The van der Waals surface area contributed by atoms with Crippen LogP contribution in [0.1, 0.15) is 5.56 Å². The fraction of sp³-hybridized carbons (Fsp3) is 0.0732. The molecule has 6 heteroatoms. The summed E-state index contributed by atoms with van der Waals surface area (Å²) in [6, 6.07) is 104. The Morgan fingerprint density at radius 2 is 0.670 bits per heavy atom. The Morgan fingerprint density at radius 3 is 1.08 bits per heavy atom. The maximum atomic E-state index is 7.37. The Morgan fingerprint density at radius 1 is 0.307 bits per heavy atom. The maximum absolute atomic E-state index is 7.37. The predicted molar refractivity (Wildman–Crippen MR) is 381 cm³/mol. The summed E-state index contributed by atoms with van der Waals surface area (Å²) >= 11 is 0. The van der Waals surface area contributed by atoms with Gasteiger partial charge in [0.1, 0.15) is 11.2 Å². The fourth-order valence-corrected chi connectivity index (χ4v) is 16.5. The standard InChI is InChI=1S/C82H64N2O2Si2/c1-87(2)52-59-30-18-31-66-67-32-19-35-74(80(67)85-79(59)66)83(64-48-60(53-22-10-6-11-23-53)46-61(49-64)54-24-12-7-13-25-54)72-44-40-57-39-43-71-73(45-41-58-38-42-70(72)77(57)78(58)71)84(75-36-20-33-68-69-34-21-37-76(88(3,4)5)82(69)86-81(68)75)65-50-62(55-26-14-8-15-27-55)47-63(51-65)56-28-16-9-17-29-56/h6-51,87H,52H2,1-5H3. The molecule has 14 aromatic carbocycles. The number of fused-ring (bicyclic) bond motifs is 6. The molecule has 4 nitrogen and oxygen atoms in total. The third-order valence-electron chi connectivity index (χ3n) is 17.9. The van der Waals surface area contributed by atoms with Crippen LogP contribution in [-0.2, 0) is 6.04 Å². The molecule has 16 aromatic rings. The topological polar surface area (TPSA) is 32.8 Å². The molecular formula is C82H64N2O2Si2. The normalized spacial score (nSPS) is 12.1. The van der Waals surface area contributed by atoms with Crippen molar-refractivity contribution < 1.29 is 8.83 Å². The average molecular weight is 1170 g/mol. The molecule has 16 rings (SSSR count). The van der Waals surface area contributed by atoms with Crippen molar-refractivity contribution >= 4 is 132 Å². The van der Waals surface area contributed by atoms with E-state index in [0.717, 1.165) is 139 Å². The number of furan rings is 2. The highest BCUT2D eigenvalue weighted by Gasteiger charge is 2.29. The van der Waals surface area contributed by atoms with Gasteiger partial charge in [-0.2, -0.15) is 0 Å². The molecule has 2 aromatic heterocycles. The fourth-order valence-electron chi connectivity index (χ4n) is 13.9. The number of nitrogens with zero attached hydrogens (tertiary/aromatic N) is 2. The van der Waals surface area contributed by atoms with Crippen molar-refractivity contribution in [1.29, 1.82) is 0 Å². The number of hydrogen-bond acceptors (Lipinski definition) is 4. The second-order valence-corrected chi connectivity index (χ2v) is 33.3. The first-order valence-electron chi connectivity index (χ1n) is 30.8. The Kier molecular flexibility index (Phi) is 12.9. The number of anilines is 6. The van der Waals surface area contributed by atoms with E-state index < -0.39 is 16.9 Å². The van der Waals surface area contributed by atoms with E-state index in [2.05, 4.69) is 322 Å². The second-order valence-electron chi connectivity index (χ2n) is 25.1. The van der Waals surface area contributed by atoms with E-state index in [1.54, 1.807) is 0 Å². The lowest BCUT2D eigenvalue weighted by molar-refractivity contribution is 0.665. The van der Waals surface area contributed by atoms with Crippen molar-refractivity contribution in [2.45, 2.75) is 38.8 Å². The molecule has 0 radical (unpaired) electrons. The van der Waals surface area contributed by atoms with Crippen molar-refractivity contribution in [3.05, 3.63) is 285 Å². The van der Waals surface area contributed by atoms with Crippen LogP contribution >= 0.6 is 0 Å². The number of para-hydroxylation sites is 4. The van der Waals surface area contributed by atoms with Crippen LogP contribution in [0.2, 0.25) is 32.7 Å². The van der Waals surface area contributed by atoms with Crippen LogP contribution in [-0.4, -0.2) is 16.9 Å². The summed E-state index contributed by atoms with van der Waals surface area (Å²) < 4.78 is 14.7. The van der Waals surface area contributed by atoms with Crippen LogP contribution in [0.15, 0.2) is 288 Å². The van der Waals surface area contributed by atoms with E-state index in [0.29, 0.717) is 0 Å². The zero-order chi connectivity index (χ0) is 59.2. The van der Waals surface area contributed by atoms with E-state index in [4.69, 9.17) is 8.83 Å². The average Bonchev–Trinajstić information content (AvgIpc) is 1.01. The van der Waals surface area contributed by atoms with Gasteiger partial charge in [0.15, 0.2) is 11.2 Å². The molecule has 0 saturated carbocycles. The number of hydrogen-bond donors (Lipinski definition) is 0. The van der Waals surface area contributed by atoms with Gasteiger partial charge in [0.2, 0.25) is 0 Å². The summed E-state index contributed by atoms with van der Waals surface area (Å²) in [5, 5.41) is 12.9. The SMILES string of the molecule is C[SiH](C)Cc1cccc2c1oc1c(N(c3cc(-c4ccccc4)cc(-c4ccccc4)c3)c3ccc4ccc5c(N(c6cc(-c7ccccc7)cc(-c7ccccc7)c6)c6cccc7c6oc6c([Si](C)(C)C)cccc67)ccc6ccc3c4c65)cccc12. The lowest BCUT2D eigenvalue weighted by atomic mass is 9.91. The van der Waals surface area contributed by atoms with E-state index in [9.17, 15) is 0 Å². The summed E-state index contributed by atoms with van der Waals surface area (Å²) in [6.45, 7) is 12.1. The van der Waals surface area contributed by atoms with Crippen molar-refractivity contribution in [3.8, 4) is 44.5 Å². The molecule has 0 unspecified atom stereocenters. The summed E-state index contributed by atoms with van der Waals surface area (Å²) in [7, 11) is -2.82. The Balaban J connectivity index is 0.985. The molecule has 0 aliphatic carbocycles. The van der Waals surface area contributed by atoms with E-state index in [-0.39, 0.29) is 0 Å². The van der Waals surface area contributed by atoms with E-state index in [1.807, 2.05) is 0 Å². The zero-order valence-corrected chi connectivity index (χ0v) is 52.2. The van der Waals surface area contributed by atoms with Crippen LogP contribution in [0.4, 0.5) is 34.1 Å². The van der Waals surface area contributed by atoms with Crippen LogP contribution in [0.3, 0.4) is 0 Å².